The number of halogens is 6. The molecular weight excluding hydrogens is 528 g/mol. The molecule has 3 aromatic carbocycles. The Morgan fingerprint density at radius 1 is 0.886 bits per heavy atom. The fourth-order valence-corrected chi connectivity index (χ4v) is 4.15. The van der Waals surface area contributed by atoms with Gasteiger partial charge < -0.3 is 13.9 Å². The number of fused-ring (bicyclic) bond motifs is 1. The molecule has 0 aliphatic carbocycles. The highest BCUT2D eigenvalue weighted by molar-refractivity contribution is 6.44. The standard InChI is InChI=1S/C25H16Cl3F3O4/c1-12-7-13(2)9-15(8-12)34-23-22(32)16-4-3-14(10-20(16)35-24(23)25(29,30)31)33-11-17-18(26)5-6-19(27)21(17)28/h3-10H,11H2,1-2H3. The number of hydrogen-bond donors (Lipinski definition) is 0. The molecule has 0 aliphatic heterocycles. The fraction of sp³-hybridized carbons (Fsp3) is 0.160. The maximum atomic E-state index is 13.8. The lowest BCUT2D eigenvalue weighted by molar-refractivity contribution is -0.154. The van der Waals surface area contributed by atoms with Crippen molar-refractivity contribution in [1.29, 1.82) is 0 Å². The van der Waals surface area contributed by atoms with E-state index < -0.39 is 23.1 Å². The van der Waals surface area contributed by atoms with Gasteiger partial charge in [0.2, 0.25) is 11.2 Å². The van der Waals surface area contributed by atoms with E-state index in [4.69, 9.17) is 48.7 Å². The molecule has 1 heterocycles. The average molecular weight is 544 g/mol. The van der Waals surface area contributed by atoms with Crippen molar-refractivity contribution in [3.05, 3.63) is 96.3 Å². The summed E-state index contributed by atoms with van der Waals surface area (Å²) in [6.45, 7) is 3.41. The highest BCUT2D eigenvalue weighted by atomic mass is 35.5. The van der Waals surface area contributed by atoms with Gasteiger partial charge in [-0.05, 0) is 61.4 Å². The zero-order valence-corrected chi connectivity index (χ0v) is 20.5. The molecule has 0 saturated carbocycles. The lowest BCUT2D eigenvalue weighted by atomic mass is 10.1. The molecule has 10 heteroatoms. The summed E-state index contributed by atoms with van der Waals surface area (Å²) in [4.78, 5) is 13.0. The van der Waals surface area contributed by atoms with E-state index in [2.05, 4.69) is 0 Å². The molecule has 0 spiro atoms. The van der Waals surface area contributed by atoms with Gasteiger partial charge in [-0.3, -0.25) is 4.79 Å². The van der Waals surface area contributed by atoms with Gasteiger partial charge in [-0.2, -0.15) is 13.2 Å². The SMILES string of the molecule is Cc1cc(C)cc(Oc2c(C(F)(F)F)oc3cc(OCc4c(Cl)ccc(Cl)c4Cl)ccc3c2=O)c1. The average Bonchev–Trinajstić information content (AvgIpc) is 2.76. The molecule has 182 valence electrons. The van der Waals surface area contributed by atoms with Crippen LogP contribution < -0.4 is 14.9 Å². The predicted octanol–water partition coefficient (Wildman–Crippen LogP) is 8.76. The summed E-state index contributed by atoms with van der Waals surface area (Å²) in [7, 11) is 0. The smallest absolute Gasteiger partial charge is 0.453 e. The third kappa shape index (κ3) is 5.37. The van der Waals surface area contributed by atoms with E-state index >= 15 is 0 Å². The maximum absolute atomic E-state index is 13.8. The van der Waals surface area contributed by atoms with Crippen molar-refractivity contribution in [3.63, 3.8) is 0 Å². The fourth-order valence-electron chi connectivity index (χ4n) is 3.49. The number of rotatable bonds is 5. The Bertz CT molecular complexity index is 1480. The molecule has 0 radical (unpaired) electrons. The second-order valence-corrected chi connectivity index (χ2v) is 8.97. The number of hydrogen-bond acceptors (Lipinski definition) is 4. The minimum Gasteiger partial charge on any atom is -0.489 e. The Morgan fingerprint density at radius 3 is 2.20 bits per heavy atom. The van der Waals surface area contributed by atoms with Crippen LogP contribution in [0, 0.1) is 13.8 Å². The highest BCUT2D eigenvalue weighted by Crippen LogP contribution is 2.39. The molecule has 35 heavy (non-hydrogen) atoms. The topological polar surface area (TPSA) is 48.7 Å². The van der Waals surface area contributed by atoms with Crippen LogP contribution in [-0.2, 0) is 12.8 Å². The van der Waals surface area contributed by atoms with E-state index in [1.165, 1.54) is 36.4 Å². The summed E-state index contributed by atoms with van der Waals surface area (Å²) in [5, 5.41) is 0.659. The largest absolute Gasteiger partial charge is 0.489 e. The summed E-state index contributed by atoms with van der Waals surface area (Å²) in [6.07, 6.45) is -4.99. The molecule has 0 N–H and O–H groups in total. The third-order valence-corrected chi connectivity index (χ3v) is 6.21. The molecule has 0 amide bonds. The second-order valence-electron chi connectivity index (χ2n) is 7.78. The van der Waals surface area contributed by atoms with Crippen molar-refractivity contribution in [2.24, 2.45) is 0 Å². The minimum atomic E-state index is -4.99. The molecule has 4 aromatic rings. The van der Waals surface area contributed by atoms with E-state index in [-0.39, 0.29) is 39.1 Å². The second kappa shape index (κ2) is 9.64. The molecule has 0 aliphatic rings. The Morgan fingerprint density at radius 2 is 1.54 bits per heavy atom. The van der Waals surface area contributed by atoms with Gasteiger partial charge in [-0.15, -0.1) is 0 Å². The van der Waals surface area contributed by atoms with Crippen LogP contribution in [-0.4, -0.2) is 0 Å². The first-order valence-electron chi connectivity index (χ1n) is 10.1. The summed E-state index contributed by atoms with van der Waals surface area (Å²) >= 11 is 18.3. The quantitative estimate of drug-likeness (QED) is 0.236. The van der Waals surface area contributed by atoms with E-state index in [9.17, 15) is 18.0 Å². The summed E-state index contributed by atoms with van der Waals surface area (Å²) in [6, 6.07) is 11.8. The molecule has 4 nitrogen and oxygen atoms in total. The van der Waals surface area contributed by atoms with Crippen LogP contribution >= 0.6 is 34.8 Å². The number of benzene rings is 3. The van der Waals surface area contributed by atoms with Crippen LogP contribution in [0.3, 0.4) is 0 Å². The number of aryl methyl sites for hydroxylation is 2. The van der Waals surface area contributed by atoms with Crippen molar-refractivity contribution in [1.82, 2.24) is 0 Å². The maximum Gasteiger partial charge on any atom is 0.453 e. The highest BCUT2D eigenvalue weighted by Gasteiger charge is 2.40. The lowest BCUT2D eigenvalue weighted by Gasteiger charge is -2.15. The first kappa shape index (κ1) is 25.2. The van der Waals surface area contributed by atoms with Crippen molar-refractivity contribution in [2.75, 3.05) is 0 Å². The van der Waals surface area contributed by atoms with Crippen LogP contribution in [0.25, 0.3) is 11.0 Å². The minimum absolute atomic E-state index is 0.0925. The van der Waals surface area contributed by atoms with Crippen LogP contribution in [0.2, 0.25) is 15.1 Å². The van der Waals surface area contributed by atoms with Gasteiger partial charge in [0.15, 0.2) is 0 Å². The van der Waals surface area contributed by atoms with Crippen molar-refractivity contribution >= 4 is 45.8 Å². The monoisotopic (exact) mass is 542 g/mol. The Kier molecular flexibility index (Phi) is 6.95. The zero-order chi connectivity index (χ0) is 25.5. The Labute approximate surface area is 212 Å². The van der Waals surface area contributed by atoms with Crippen LogP contribution in [0.4, 0.5) is 13.2 Å². The van der Waals surface area contributed by atoms with E-state index in [1.807, 2.05) is 6.07 Å². The molecule has 0 atom stereocenters. The van der Waals surface area contributed by atoms with Gasteiger partial charge in [0.1, 0.15) is 23.7 Å². The molecule has 0 unspecified atom stereocenters. The number of ether oxygens (including phenoxy) is 2. The van der Waals surface area contributed by atoms with Gasteiger partial charge in [0.05, 0.1) is 15.4 Å². The van der Waals surface area contributed by atoms with Crippen LogP contribution in [0.1, 0.15) is 22.5 Å². The zero-order valence-electron chi connectivity index (χ0n) is 18.2. The molecule has 0 bridgehead atoms. The number of alkyl halides is 3. The first-order valence-corrected chi connectivity index (χ1v) is 11.3. The third-order valence-electron chi connectivity index (χ3n) is 5.02. The van der Waals surface area contributed by atoms with Crippen molar-refractivity contribution in [3.8, 4) is 17.2 Å². The van der Waals surface area contributed by atoms with E-state index in [1.54, 1.807) is 19.9 Å². The molecule has 0 saturated heterocycles. The normalized spacial score (nSPS) is 11.7. The van der Waals surface area contributed by atoms with Gasteiger partial charge in [-0.25, -0.2) is 0 Å². The van der Waals surface area contributed by atoms with Gasteiger partial charge in [0.25, 0.3) is 5.76 Å². The Hall–Kier alpha value is -2.87. The summed E-state index contributed by atoms with van der Waals surface area (Å²) in [5.74, 6) is -2.27. The molecule has 4 rings (SSSR count). The van der Waals surface area contributed by atoms with Gasteiger partial charge >= 0.3 is 6.18 Å². The predicted molar refractivity (Wildman–Crippen MR) is 129 cm³/mol. The molecular formula is C25H16Cl3F3O4. The van der Waals surface area contributed by atoms with E-state index in [0.717, 1.165) is 11.1 Å². The van der Waals surface area contributed by atoms with Gasteiger partial charge in [0, 0.05) is 16.7 Å². The molecule has 0 fully saturated rings. The van der Waals surface area contributed by atoms with Crippen LogP contribution in [0.5, 0.6) is 17.2 Å². The summed E-state index contributed by atoms with van der Waals surface area (Å²) in [5.41, 5.74) is 0.637. The van der Waals surface area contributed by atoms with Gasteiger partial charge in [-0.1, -0.05) is 40.9 Å². The first-order chi connectivity index (χ1) is 16.4. The van der Waals surface area contributed by atoms with Crippen LogP contribution in [0.15, 0.2) is 57.7 Å². The van der Waals surface area contributed by atoms with Crippen molar-refractivity contribution < 1.29 is 27.1 Å². The van der Waals surface area contributed by atoms with E-state index in [0.29, 0.717) is 10.6 Å². The molecule has 1 aromatic heterocycles. The Balaban J connectivity index is 1.74. The van der Waals surface area contributed by atoms with Crippen molar-refractivity contribution in [2.45, 2.75) is 26.6 Å². The lowest BCUT2D eigenvalue weighted by Crippen LogP contribution is -2.15. The summed E-state index contributed by atoms with van der Waals surface area (Å²) < 4.78 is 57.7.